The number of hydrogen-bond donors (Lipinski definition) is 0. The Morgan fingerprint density at radius 1 is 0.333 bits per heavy atom. The van der Waals surface area contributed by atoms with Crippen LogP contribution in [0.2, 0.25) is 0 Å². The zero-order valence-corrected chi connectivity index (χ0v) is 49.1. The maximum atomic E-state index is 13.2. The number of ether oxygens (including phenoxy) is 6. The third-order valence-corrected chi connectivity index (χ3v) is 14.4. The molecule has 0 spiro atoms. The van der Waals surface area contributed by atoms with E-state index in [2.05, 4.69) is 13.8 Å². The highest BCUT2D eigenvalue weighted by molar-refractivity contribution is 5.93. The van der Waals surface area contributed by atoms with E-state index in [0.29, 0.717) is 18.8 Å². The molecular formula is C71H92O10. The van der Waals surface area contributed by atoms with E-state index in [0.717, 1.165) is 35.5 Å². The molecule has 0 aliphatic heterocycles. The summed E-state index contributed by atoms with van der Waals surface area (Å²) in [4.78, 5) is 51.6. The first-order chi connectivity index (χ1) is 39.7. The van der Waals surface area contributed by atoms with Crippen LogP contribution in [0.3, 0.4) is 0 Å². The molecule has 0 bridgehead atoms. The van der Waals surface area contributed by atoms with Crippen molar-refractivity contribution >= 4 is 36.0 Å². The van der Waals surface area contributed by atoms with Crippen LogP contribution in [0.5, 0.6) is 34.5 Å². The minimum absolute atomic E-state index is 0.200. The predicted molar refractivity (Wildman–Crippen MR) is 328 cm³/mol. The lowest BCUT2D eigenvalue weighted by Gasteiger charge is -2.12. The zero-order chi connectivity index (χ0) is 57.4. The van der Waals surface area contributed by atoms with Gasteiger partial charge in [-0.15, -0.1) is 0 Å². The van der Waals surface area contributed by atoms with Crippen LogP contribution in [0.15, 0.2) is 127 Å². The lowest BCUT2D eigenvalue weighted by Crippen LogP contribution is -2.12. The van der Waals surface area contributed by atoms with E-state index in [1.807, 2.05) is 48.5 Å². The van der Waals surface area contributed by atoms with Crippen molar-refractivity contribution in [2.24, 2.45) is 0 Å². The van der Waals surface area contributed by atoms with E-state index in [1.165, 1.54) is 228 Å². The van der Waals surface area contributed by atoms with Gasteiger partial charge in [-0.2, -0.15) is 0 Å². The van der Waals surface area contributed by atoms with Crippen molar-refractivity contribution < 1.29 is 47.6 Å². The minimum Gasteiger partial charge on any atom is -0.494 e. The Kier molecular flexibility index (Phi) is 32.3. The average molecular weight is 1110 g/mol. The molecule has 0 radical (unpaired) electrons. The van der Waals surface area contributed by atoms with Gasteiger partial charge in [-0.1, -0.05) is 211 Å². The molecule has 5 aromatic rings. The highest BCUT2D eigenvalue weighted by Crippen LogP contribution is 2.30. The van der Waals surface area contributed by atoms with Crippen LogP contribution in [0.4, 0.5) is 0 Å². The number of hydrogen-bond acceptors (Lipinski definition) is 10. The van der Waals surface area contributed by atoms with Gasteiger partial charge >= 0.3 is 23.9 Å². The SMILES string of the molecule is CCCCCCCCCCCCCCCCOc1ccc(/C=C/C(=O)Oc2ccc(C(=O)Oc3cccc(OC(=O)c4ccc(OC(=O)/C=C/c5ccc(OCCCCCCCCCCCCCCCC)cc5)cc4)c3C)cc2)cc1. The Hall–Kier alpha value is -6.94. The normalized spacial score (nSPS) is 11.2. The molecular weight excluding hydrogens is 1010 g/mol. The zero-order valence-electron chi connectivity index (χ0n) is 49.1. The van der Waals surface area contributed by atoms with Crippen LogP contribution in [0, 0.1) is 6.92 Å². The largest absolute Gasteiger partial charge is 0.494 e. The molecule has 0 atom stereocenters. The molecule has 81 heavy (non-hydrogen) atoms. The molecule has 5 rings (SSSR count). The van der Waals surface area contributed by atoms with Crippen LogP contribution in [-0.2, 0) is 9.59 Å². The highest BCUT2D eigenvalue weighted by atomic mass is 16.6. The van der Waals surface area contributed by atoms with Gasteiger partial charge in [0, 0.05) is 17.7 Å². The molecule has 0 N–H and O–H groups in total. The second-order valence-corrected chi connectivity index (χ2v) is 21.2. The molecule has 10 nitrogen and oxygen atoms in total. The van der Waals surface area contributed by atoms with Crippen LogP contribution < -0.4 is 28.4 Å². The number of unbranched alkanes of at least 4 members (excludes halogenated alkanes) is 26. The number of esters is 4. The fraction of sp³-hybridized carbons (Fsp3) is 0.465. The summed E-state index contributed by atoms with van der Waals surface area (Å²) < 4.78 is 34.2. The van der Waals surface area contributed by atoms with Crippen LogP contribution in [0.1, 0.15) is 231 Å². The second-order valence-electron chi connectivity index (χ2n) is 21.2. The summed E-state index contributed by atoms with van der Waals surface area (Å²) >= 11 is 0. The van der Waals surface area contributed by atoms with E-state index in [1.54, 1.807) is 37.3 Å². The van der Waals surface area contributed by atoms with Gasteiger partial charge in [-0.25, -0.2) is 19.2 Å². The summed E-state index contributed by atoms with van der Waals surface area (Å²) in [5.74, 6) is 0.0729. The molecule has 0 heterocycles. The molecule has 5 aromatic carbocycles. The summed E-state index contributed by atoms with van der Waals surface area (Å²) in [5.41, 5.74) is 2.53. The molecule has 10 heteroatoms. The summed E-state index contributed by atoms with van der Waals surface area (Å²) in [6.07, 6.45) is 43.1. The van der Waals surface area contributed by atoms with Crippen molar-refractivity contribution in [3.63, 3.8) is 0 Å². The molecule has 0 aromatic heterocycles. The lowest BCUT2D eigenvalue weighted by molar-refractivity contribution is -0.129. The third kappa shape index (κ3) is 27.9. The van der Waals surface area contributed by atoms with Gasteiger partial charge in [0.25, 0.3) is 0 Å². The highest BCUT2D eigenvalue weighted by Gasteiger charge is 2.17. The quantitative estimate of drug-likeness (QED) is 0.0161. The summed E-state index contributed by atoms with van der Waals surface area (Å²) in [5, 5.41) is 0. The topological polar surface area (TPSA) is 124 Å². The summed E-state index contributed by atoms with van der Waals surface area (Å²) in [6, 6.07) is 32.0. The van der Waals surface area contributed by atoms with Crippen molar-refractivity contribution in [1.82, 2.24) is 0 Å². The molecule has 0 unspecified atom stereocenters. The molecule has 436 valence electrons. The van der Waals surface area contributed by atoms with E-state index in [-0.39, 0.29) is 34.1 Å². The van der Waals surface area contributed by atoms with Gasteiger partial charge in [-0.05, 0) is 128 Å². The smallest absolute Gasteiger partial charge is 0.343 e. The van der Waals surface area contributed by atoms with Gasteiger partial charge in [0.05, 0.1) is 24.3 Å². The third-order valence-electron chi connectivity index (χ3n) is 14.4. The van der Waals surface area contributed by atoms with Crippen LogP contribution >= 0.6 is 0 Å². The molecule has 0 saturated carbocycles. The van der Waals surface area contributed by atoms with Crippen molar-refractivity contribution in [2.75, 3.05) is 13.2 Å². The number of rotatable bonds is 42. The second kappa shape index (κ2) is 40.3. The average Bonchev–Trinajstić information content (AvgIpc) is 3.49. The van der Waals surface area contributed by atoms with E-state index < -0.39 is 23.9 Å². The first kappa shape index (κ1) is 64.9. The Morgan fingerprint density at radius 2 is 0.617 bits per heavy atom. The first-order valence-electron chi connectivity index (χ1n) is 30.7. The van der Waals surface area contributed by atoms with E-state index >= 15 is 0 Å². The number of carbonyl (C=O) groups excluding carboxylic acids is 4. The fourth-order valence-electron chi connectivity index (χ4n) is 9.40. The van der Waals surface area contributed by atoms with E-state index in [9.17, 15) is 19.2 Å². The van der Waals surface area contributed by atoms with Crippen molar-refractivity contribution in [3.8, 4) is 34.5 Å². The molecule has 0 aliphatic rings. The number of benzene rings is 5. The van der Waals surface area contributed by atoms with Crippen molar-refractivity contribution in [3.05, 3.63) is 155 Å². The van der Waals surface area contributed by atoms with E-state index in [4.69, 9.17) is 28.4 Å². The fourth-order valence-corrected chi connectivity index (χ4v) is 9.40. The number of carbonyl (C=O) groups is 4. The van der Waals surface area contributed by atoms with Gasteiger partial charge in [0.1, 0.15) is 34.5 Å². The lowest BCUT2D eigenvalue weighted by atomic mass is 10.0. The molecule has 0 fully saturated rings. The van der Waals surface area contributed by atoms with Crippen LogP contribution in [0.25, 0.3) is 12.2 Å². The predicted octanol–water partition coefficient (Wildman–Crippen LogP) is 19.4. The van der Waals surface area contributed by atoms with Crippen molar-refractivity contribution in [1.29, 1.82) is 0 Å². The first-order valence-corrected chi connectivity index (χ1v) is 30.7. The van der Waals surface area contributed by atoms with Gasteiger partial charge in [0.2, 0.25) is 0 Å². The Bertz CT molecular complexity index is 2420. The van der Waals surface area contributed by atoms with Gasteiger partial charge in [-0.3, -0.25) is 0 Å². The maximum Gasteiger partial charge on any atom is 0.343 e. The standard InChI is InChI=1S/C71H92O10/c1-4-6-8-10-12-14-16-18-20-22-24-26-28-30-55-76-62-45-35-58(36-46-62)39-53-68(72)78-64-49-41-60(42-50-64)70(74)80-66-33-32-34-67(57(66)3)81-71(75)61-43-51-65(52-44-61)79-69(73)54-40-59-37-47-63(48-38-59)77-56-31-29-27-25-23-21-19-17-15-13-11-9-7-5-2/h32-54H,4-31,55-56H2,1-3H3/b53-39+,54-40+. The Labute approximate surface area is 485 Å². The monoisotopic (exact) mass is 1100 g/mol. The molecule has 0 amide bonds. The van der Waals surface area contributed by atoms with Gasteiger partial charge in [0.15, 0.2) is 0 Å². The Morgan fingerprint density at radius 3 is 0.926 bits per heavy atom. The van der Waals surface area contributed by atoms with Gasteiger partial charge < -0.3 is 28.4 Å². The van der Waals surface area contributed by atoms with Crippen molar-refractivity contribution in [2.45, 2.75) is 201 Å². The maximum absolute atomic E-state index is 13.2. The Balaban J connectivity index is 0.928. The van der Waals surface area contributed by atoms with Crippen LogP contribution in [-0.4, -0.2) is 37.1 Å². The minimum atomic E-state index is -0.653. The summed E-state index contributed by atoms with van der Waals surface area (Å²) in [6.45, 7) is 7.59. The molecule has 0 saturated heterocycles. The summed E-state index contributed by atoms with van der Waals surface area (Å²) in [7, 11) is 0. The molecule has 0 aliphatic carbocycles.